The molecule has 0 unspecified atom stereocenters. The lowest BCUT2D eigenvalue weighted by molar-refractivity contribution is 0.103. The third-order valence-corrected chi connectivity index (χ3v) is 3.53. The smallest absolute Gasteiger partial charge is 0.194 e. The zero-order valence-corrected chi connectivity index (χ0v) is 11.2. The van der Waals surface area contributed by atoms with Crippen LogP contribution in [-0.4, -0.2) is 5.78 Å². The molecule has 2 nitrogen and oxygen atoms in total. The fraction of sp³-hybridized carbons (Fsp3) is 0.0714. The van der Waals surface area contributed by atoms with Gasteiger partial charge in [-0.25, -0.2) is 0 Å². The first-order valence-corrected chi connectivity index (χ1v) is 6.11. The third kappa shape index (κ3) is 2.35. The molecule has 2 N–H and O–H groups in total. The molecule has 0 saturated heterocycles. The van der Waals surface area contributed by atoms with E-state index in [1.165, 1.54) is 0 Å². The van der Waals surface area contributed by atoms with Crippen LogP contribution in [0.1, 0.15) is 21.5 Å². The van der Waals surface area contributed by atoms with Crippen LogP contribution in [0.3, 0.4) is 0 Å². The Kier molecular flexibility index (Phi) is 3.60. The molecule has 2 aromatic carbocycles. The number of carbonyl (C=O) groups is 1. The first-order chi connectivity index (χ1) is 8.50. The molecule has 0 aliphatic carbocycles. The number of halogens is 2. The molecular weight excluding hydrogens is 269 g/mol. The van der Waals surface area contributed by atoms with E-state index in [2.05, 4.69) is 0 Å². The minimum absolute atomic E-state index is 0.161. The molecule has 0 heterocycles. The van der Waals surface area contributed by atoms with Gasteiger partial charge in [-0.3, -0.25) is 4.79 Å². The molecule has 0 fully saturated rings. The van der Waals surface area contributed by atoms with Gasteiger partial charge in [0.05, 0.1) is 15.7 Å². The van der Waals surface area contributed by atoms with Gasteiger partial charge >= 0.3 is 0 Å². The lowest BCUT2D eigenvalue weighted by Crippen LogP contribution is -2.03. The van der Waals surface area contributed by atoms with Gasteiger partial charge in [0.15, 0.2) is 5.78 Å². The molecule has 0 bridgehead atoms. The van der Waals surface area contributed by atoms with Crippen LogP contribution in [0.4, 0.5) is 5.69 Å². The summed E-state index contributed by atoms with van der Waals surface area (Å²) in [5.41, 5.74) is 7.87. The topological polar surface area (TPSA) is 43.1 Å². The van der Waals surface area contributed by atoms with Gasteiger partial charge in [-0.15, -0.1) is 0 Å². The van der Waals surface area contributed by atoms with Gasteiger partial charge in [0.2, 0.25) is 0 Å². The molecule has 0 radical (unpaired) electrons. The average Bonchev–Trinajstić information content (AvgIpc) is 2.35. The van der Waals surface area contributed by atoms with Crippen molar-refractivity contribution in [3.8, 4) is 0 Å². The number of anilines is 1. The van der Waals surface area contributed by atoms with Gasteiger partial charge in [0.25, 0.3) is 0 Å². The van der Waals surface area contributed by atoms with Crippen LogP contribution >= 0.6 is 23.2 Å². The fourth-order valence-corrected chi connectivity index (χ4v) is 2.04. The third-order valence-electron chi connectivity index (χ3n) is 2.70. The number of ketones is 1. The van der Waals surface area contributed by atoms with E-state index in [0.29, 0.717) is 26.9 Å². The summed E-state index contributed by atoms with van der Waals surface area (Å²) in [6.07, 6.45) is 0. The Morgan fingerprint density at radius 1 is 1.17 bits per heavy atom. The molecule has 0 aliphatic rings. The minimum atomic E-state index is -0.161. The van der Waals surface area contributed by atoms with E-state index in [1.54, 1.807) is 30.3 Å². The normalized spacial score (nSPS) is 10.4. The summed E-state index contributed by atoms with van der Waals surface area (Å²) >= 11 is 12.0. The summed E-state index contributed by atoms with van der Waals surface area (Å²) in [4.78, 5) is 12.3. The Morgan fingerprint density at radius 3 is 2.56 bits per heavy atom. The summed E-state index contributed by atoms with van der Waals surface area (Å²) < 4.78 is 0. The molecule has 0 amide bonds. The Hall–Kier alpha value is -1.51. The van der Waals surface area contributed by atoms with Gasteiger partial charge < -0.3 is 5.73 Å². The standard InChI is InChI=1S/C14H11Cl2NO/c1-8-3-2-4-10(13(8)16)14(18)9-5-6-12(17)11(15)7-9/h2-7H,17H2,1H3. The van der Waals surface area contributed by atoms with Crippen LogP contribution in [-0.2, 0) is 0 Å². The van der Waals surface area contributed by atoms with Crippen molar-refractivity contribution in [1.29, 1.82) is 0 Å². The predicted molar refractivity (Wildman–Crippen MR) is 75.5 cm³/mol. The molecule has 0 saturated carbocycles. The maximum Gasteiger partial charge on any atom is 0.194 e. The van der Waals surface area contributed by atoms with Gasteiger partial charge in [-0.2, -0.15) is 0 Å². The Balaban J connectivity index is 2.48. The second kappa shape index (κ2) is 5.01. The highest BCUT2D eigenvalue weighted by molar-refractivity contribution is 6.36. The van der Waals surface area contributed by atoms with Crippen molar-refractivity contribution >= 4 is 34.7 Å². The van der Waals surface area contributed by atoms with Gasteiger partial charge in [0.1, 0.15) is 0 Å². The highest BCUT2D eigenvalue weighted by Crippen LogP contribution is 2.26. The number of rotatable bonds is 2. The van der Waals surface area contributed by atoms with Crippen molar-refractivity contribution in [3.63, 3.8) is 0 Å². The zero-order chi connectivity index (χ0) is 13.3. The summed E-state index contributed by atoms with van der Waals surface area (Å²) in [5, 5.41) is 0.833. The second-order valence-electron chi connectivity index (χ2n) is 4.00. The van der Waals surface area contributed by atoms with Crippen LogP contribution in [0.5, 0.6) is 0 Å². The number of hydrogen-bond donors (Lipinski definition) is 1. The van der Waals surface area contributed by atoms with Gasteiger partial charge in [-0.1, -0.05) is 35.3 Å². The van der Waals surface area contributed by atoms with Crippen LogP contribution in [0.25, 0.3) is 0 Å². The average molecular weight is 280 g/mol. The first-order valence-electron chi connectivity index (χ1n) is 5.35. The van der Waals surface area contributed by atoms with Crippen LogP contribution in [0.15, 0.2) is 36.4 Å². The number of hydrogen-bond acceptors (Lipinski definition) is 2. The number of carbonyl (C=O) groups excluding carboxylic acids is 1. The highest BCUT2D eigenvalue weighted by atomic mass is 35.5. The van der Waals surface area contributed by atoms with Crippen molar-refractivity contribution in [2.45, 2.75) is 6.92 Å². The summed E-state index contributed by atoms with van der Waals surface area (Å²) in [5.74, 6) is -0.161. The molecular formula is C14H11Cl2NO. The minimum Gasteiger partial charge on any atom is -0.398 e. The maximum absolute atomic E-state index is 12.3. The molecule has 4 heteroatoms. The van der Waals surface area contributed by atoms with Crippen LogP contribution < -0.4 is 5.73 Å². The van der Waals surface area contributed by atoms with Crippen LogP contribution in [0.2, 0.25) is 10.0 Å². The Morgan fingerprint density at radius 2 is 1.89 bits per heavy atom. The predicted octanol–water partition coefficient (Wildman–Crippen LogP) is 4.12. The highest BCUT2D eigenvalue weighted by Gasteiger charge is 2.14. The zero-order valence-electron chi connectivity index (χ0n) is 9.71. The molecule has 0 aliphatic heterocycles. The summed E-state index contributed by atoms with van der Waals surface area (Å²) in [7, 11) is 0. The number of benzene rings is 2. The van der Waals surface area contributed by atoms with E-state index in [9.17, 15) is 4.79 Å². The molecule has 2 rings (SSSR count). The van der Waals surface area contributed by atoms with Gasteiger partial charge in [0, 0.05) is 11.1 Å². The van der Waals surface area contributed by atoms with E-state index in [4.69, 9.17) is 28.9 Å². The van der Waals surface area contributed by atoms with Crippen molar-refractivity contribution < 1.29 is 4.79 Å². The number of nitrogen functional groups attached to an aromatic ring is 1. The lowest BCUT2D eigenvalue weighted by Gasteiger charge is -2.07. The molecule has 0 atom stereocenters. The SMILES string of the molecule is Cc1cccc(C(=O)c2ccc(N)c(Cl)c2)c1Cl. The summed E-state index contributed by atoms with van der Waals surface area (Å²) in [6, 6.07) is 10.2. The Bertz CT molecular complexity index is 623. The van der Waals surface area contributed by atoms with Crippen LogP contribution in [0, 0.1) is 6.92 Å². The van der Waals surface area contributed by atoms with E-state index in [0.717, 1.165) is 5.56 Å². The maximum atomic E-state index is 12.3. The second-order valence-corrected chi connectivity index (χ2v) is 4.79. The molecule has 2 aromatic rings. The number of nitrogens with two attached hydrogens (primary N) is 1. The Labute approximate surface area is 115 Å². The largest absolute Gasteiger partial charge is 0.398 e. The fourth-order valence-electron chi connectivity index (χ4n) is 1.65. The van der Waals surface area contributed by atoms with Gasteiger partial charge in [-0.05, 0) is 36.8 Å². The van der Waals surface area contributed by atoms with Crippen molar-refractivity contribution in [2.75, 3.05) is 5.73 Å². The molecule has 92 valence electrons. The monoisotopic (exact) mass is 279 g/mol. The quantitative estimate of drug-likeness (QED) is 0.664. The van der Waals surface area contributed by atoms with E-state index in [1.807, 2.05) is 13.0 Å². The van der Waals surface area contributed by atoms with E-state index in [-0.39, 0.29) is 5.78 Å². The molecule has 0 aromatic heterocycles. The lowest BCUT2D eigenvalue weighted by atomic mass is 10.0. The first kappa shape index (κ1) is 12.9. The van der Waals surface area contributed by atoms with E-state index >= 15 is 0 Å². The number of aryl methyl sites for hydroxylation is 1. The van der Waals surface area contributed by atoms with Crippen molar-refractivity contribution in [3.05, 3.63) is 63.1 Å². The van der Waals surface area contributed by atoms with Crippen molar-refractivity contribution in [1.82, 2.24) is 0 Å². The van der Waals surface area contributed by atoms with Crippen molar-refractivity contribution in [2.24, 2.45) is 0 Å². The molecule has 18 heavy (non-hydrogen) atoms. The molecule has 0 spiro atoms. The summed E-state index contributed by atoms with van der Waals surface area (Å²) in [6.45, 7) is 1.86. The van der Waals surface area contributed by atoms with E-state index < -0.39 is 0 Å².